The number of carbonyl (C=O) groups excluding carboxylic acids is 3. The predicted molar refractivity (Wildman–Crippen MR) is 132 cm³/mol. The molecule has 2 amide bonds. The van der Waals surface area contributed by atoms with Crippen LogP contribution < -0.4 is 10.6 Å². The Bertz CT molecular complexity index is 1070. The van der Waals surface area contributed by atoms with E-state index in [0.717, 1.165) is 0 Å². The summed E-state index contributed by atoms with van der Waals surface area (Å²) < 4.78 is 10.1. The number of aliphatic hydroxyl groups is 2. The van der Waals surface area contributed by atoms with Gasteiger partial charge in [-0.3, -0.25) is 4.79 Å². The molecule has 1 fully saturated rings. The van der Waals surface area contributed by atoms with Crippen molar-refractivity contribution in [2.45, 2.75) is 51.8 Å². The number of ether oxygens (including phenoxy) is 2. The van der Waals surface area contributed by atoms with Crippen molar-refractivity contribution in [3.05, 3.63) is 35.4 Å². The van der Waals surface area contributed by atoms with Gasteiger partial charge < -0.3 is 30.3 Å². The topological polar surface area (TPSA) is 134 Å². The molecule has 9 nitrogen and oxygen atoms in total. The molecule has 0 heterocycles. The zero-order valence-electron chi connectivity index (χ0n) is 21.5. The van der Waals surface area contributed by atoms with E-state index in [1.807, 2.05) is 0 Å². The van der Waals surface area contributed by atoms with Crippen LogP contribution in [0.5, 0.6) is 0 Å². The Morgan fingerprint density at radius 2 is 1.58 bits per heavy atom. The summed E-state index contributed by atoms with van der Waals surface area (Å²) in [6.45, 7) is 8.28. The van der Waals surface area contributed by atoms with Crippen molar-refractivity contribution >= 4 is 18.0 Å². The fourth-order valence-corrected chi connectivity index (χ4v) is 3.59. The molecular formula is C27H34N2O7. The lowest BCUT2D eigenvalue weighted by Gasteiger charge is -2.34. The monoisotopic (exact) mass is 498 g/mol. The number of benzene rings is 1. The van der Waals surface area contributed by atoms with Gasteiger partial charge in [0.2, 0.25) is 0 Å². The fraction of sp³-hybridized carbons (Fsp3) is 0.519. The molecule has 3 unspecified atom stereocenters. The molecule has 36 heavy (non-hydrogen) atoms. The number of hydrogen-bond acceptors (Lipinski definition) is 7. The van der Waals surface area contributed by atoms with Crippen LogP contribution in [0.1, 0.15) is 50.5 Å². The van der Waals surface area contributed by atoms with Crippen molar-refractivity contribution < 1.29 is 34.1 Å². The van der Waals surface area contributed by atoms with Crippen molar-refractivity contribution in [2.24, 2.45) is 17.8 Å². The van der Waals surface area contributed by atoms with Gasteiger partial charge in [0, 0.05) is 42.1 Å². The van der Waals surface area contributed by atoms with Crippen LogP contribution in [0.15, 0.2) is 24.3 Å². The second-order valence-corrected chi connectivity index (χ2v) is 10.1. The van der Waals surface area contributed by atoms with Gasteiger partial charge >= 0.3 is 12.1 Å². The number of amides is 2. The molecule has 1 aliphatic rings. The van der Waals surface area contributed by atoms with E-state index < -0.39 is 35.2 Å². The van der Waals surface area contributed by atoms with Crippen molar-refractivity contribution in [2.75, 3.05) is 20.3 Å². The normalized spacial score (nSPS) is 19.4. The standard InChI is InChI=1S/C27H34N2O7/c1-26(2,3)36-25(34)29-27(4,5)22(24(33)35-6)28-23(32)18-13-11-17(12-14-18)9-7-8-10-19-20(15-30)21(19)16-31/h11-14,19-22,30-31H,15-16H2,1-6H3,(H,28,32)(H,29,34). The van der Waals surface area contributed by atoms with Gasteiger partial charge in [-0.2, -0.15) is 0 Å². The molecule has 1 aliphatic carbocycles. The summed E-state index contributed by atoms with van der Waals surface area (Å²) in [5, 5.41) is 23.6. The molecule has 0 aromatic heterocycles. The maximum Gasteiger partial charge on any atom is 0.408 e. The number of methoxy groups -OCH3 is 1. The third-order valence-corrected chi connectivity index (χ3v) is 5.67. The molecule has 1 aromatic carbocycles. The highest BCUT2D eigenvalue weighted by Crippen LogP contribution is 2.44. The van der Waals surface area contributed by atoms with E-state index >= 15 is 0 Å². The Morgan fingerprint density at radius 3 is 2.08 bits per heavy atom. The molecule has 0 bridgehead atoms. The minimum atomic E-state index is -1.22. The second kappa shape index (κ2) is 11.9. The van der Waals surface area contributed by atoms with Crippen molar-refractivity contribution in [1.29, 1.82) is 0 Å². The van der Waals surface area contributed by atoms with Crippen LogP contribution in [0.25, 0.3) is 0 Å². The second-order valence-electron chi connectivity index (χ2n) is 10.1. The first-order valence-electron chi connectivity index (χ1n) is 11.6. The lowest BCUT2D eigenvalue weighted by molar-refractivity contribution is -0.144. The maximum absolute atomic E-state index is 12.8. The maximum atomic E-state index is 12.8. The summed E-state index contributed by atoms with van der Waals surface area (Å²) in [6.07, 6.45) is -0.734. The molecular weight excluding hydrogens is 464 g/mol. The van der Waals surface area contributed by atoms with E-state index in [-0.39, 0.29) is 36.5 Å². The molecule has 3 atom stereocenters. The Kier molecular flexibility index (Phi) is 9.52. The van der Waals surface area contributed by atoms with E-state index in [9.17, 15) is 24.6 Å². The lowest BCUT2D eigenvalue weighted by atomic mass is 9.94. The first-order chi connectivity index (χ1) is 16.8. The van der Waals surface area contributed by atoms with Crippen LogP contribution in [-0.4, -0.2) is 65.7 Å². The van der Waals surface area contributed by atoms with Gasteiger partial charge in [0.05, 0.1) is 12.6 Å². The van der Waals surface area contributed by atoms with Gasteiger partial charge in [-0.05, 0) is 70.7 Å². The Morgan fingerprint density at radius 1 is 1.00 bits per heavy atom. The zero-order valence-corrected chi connectivity index (χ0v) is 21.5. The predicted octanol–water partition coefficient (Wildman–Crippen LogP) is 1.46. The van der Waals surface area contributed by atoms with Gasteiger partial charge in [0.15, 0.2) is 0 Å². The van der Waals surface area contributed by atoms with E-state index in [0.29, 0.717) is 5.56 Å². The third-order valence-electron chi connectivity index (χ3n) is 5.67. The van der Waals surface area contributed by atoms with Crippen LogP contribution in [0.4, 0.5) is 4.79 Å². The van der Waals surface area contributed by atoms with Gasteiger partial charge in [0.1, 0.15) is 11.6 Å². The van der Waals surface area contributed by atoms with Crippen LogP contribution >= 0.6 is 0 Å². The van der Waals surface area contributed by atoms with E-state index in [1.165, 1.54) is 7.11 Å². The Balaban J connectivity index is 2.06. The summed E-state index contributed by atoms with van der Waals surface area (Å²) >= 11 is 0. The van der Waals surface area contributed by atoms with Crippen LogP contribution in [0.2, 0.25) is 0 Å². The summed E-state index contributed by atoms with van der Waals surface area (Å²) in [6, 6.07) is 5.21. The molecule has 0 saturated heterocycles. The van der Waals surface area contributed by atoms with Gasteiger partial charge in [-0.25, -0.2) is 9.59 Å². The van der Waals surface area contributed by atoms with Crippen LogP contribution in [0, 0.1) is 41.4 Å². The number of carbonyl (C=O) groups is 3. The molecule has 4 N–H and O–H groups in total. The average molecular weight is 499 g/mol. The first kappa shape index (κ1) is 28.7. The number of alkyl carbamates (subject to hydrolysis) is 1. The molecule has 0 spiro atoms. The Labute approximate surface area is 211 Å². The van der Waals surface area contributed by atoms with Crippen LogP contribution in [0.3, 0.4) is 0 Å². The molecule has 0 radical (unpaired) electrons. The SMILES string of the molecule is COC(=O)C(NC(=O)c1ccc(C#CC#CC2C(CO)C2CO)cc1)C(C)(C)NC(=O)OC(C)(C)C. The number of esters is 1. The molecule has 194 valence electrons. The molecule has 1 aromatic rings. The summed E-state index contributed by atoms with van der Waals surface area (Å²) in [5.74, 6) is 9.99. The number of hydrogen-bond donors (Lipinski definition) is 4. The molecule has 2 rings (SSSR count). The summed E-state index contributed by atoms with van der Waals surface area (Å²) in [4.78, 5) is 37.5. The molecule has 0 aliphatic heterocycles. The minimum absolute atomic E-state index is 0.000208. The quantitative estimate of drug-likeness (QED) is 0.330. The summed E-state index contributed by atoms with van der Waals surface area (Å²) in [5.41, 5.74) is -1.04. The zero-order chi connectivity index (χ0) is 27.1. The Hall–Kier alpha value is -3.53. The van der Waals surface area contributed by atoms with Crippen molar-refractivity contribution in [1.82, 2.24) is 10.6 Å². The van der Waals surface area contributed by atoms with Gasteiger partial charge in [0.25, 0.3) is 5.91 Å². The first-order valence-corrected chi connectivity index (χ1v) is 11.6. The highest BCUT2D eigenvalue weighted by molar-refractivity contribution is 5.97. The number of rotatable bonds is 7. The van der Waals surface area contributed by atoms with E-state index in [2.05, 4.69) is 34.3 Å². The third kappa shape index (κ3) is 8.01. The molecule has 9 heteroatoms. The summed E-state index contributed by atoms with van der Waals surface area (Å²) in [7, 11) is 1.19. The molecule has 1 saturated carbocycles. The highest BCUT2D eigenvalue weighted by Gasteiger charge is 2.48. The minimum Gasteiger partial charge on any atom is -0.467 e. The fourth-order valence-electron chi connectivity index (χ4n) is 3.59. The van der Waals surface area contributed by atoms with E-state index in [4.69, 9.17) is 9.47 Å². The number of nitrogens with one attached hydrogen (secondary N) is 2. The number of aliphatic hydroxyl groups excluding tert-OH is 2. The average Bonchev–Trinajstić information content (AvgIpc) is 3.49. The van der Waals surface area contributed by atoms with E-state index in [1.54, 1.807) is 58.9 Å². The van der Waals surface area contributed by atoms with Crippen molar-refractivity contribution in [3.8, 4) is 23.7 Å². The van der Waals surface area contributed by atoms with Crippen LogP contribution in [-0.2, 0) is 14.3 Å². The van der Waals surface area contributed by atoms with Gasteiger partial charge in [-0.15, -0.1) is 0 Å². The van der Waals surface area contributed by atoms with Gasteiger partial charge in [-0.1, -0.05) is 11.8 Å². The highest BCUT2D eigenvalue weighted by atomic mass is 16.6. The smallest absolute Gasteiger partial charge is 0.408 e. The lowest BCUT2D eigenvalue weighted by Crippen LogP contribution is -2.62. The van der Waals surface area contributed by atoms with Crippen molar-refractivity contribution in [3.63, 3.8) is 0 Å². The largest absolute Gasteiger partial charge is 0.467 e.